The molecule has 0 bridgehead atoms. The molecule has 5 heterocycles. The summed E-state index contributed by atoms with van der Waals surface area (Å²) < 4.78 is 19.2. The zero-order chi connectivity index (χ0) is 77.0. The molecule has 6 N–H and O–H groups in total. The molecule has 0 unspecified atom stereocenters. The number of aromatic nitrogens is 9. The van der Waals surface area contributed by atoms with E-state index in [-0.39, 0.29) is 193 Å². The van der Waals surface area contributed by atoms with Crippen LogP contribution in [0.1, 0.15) is 220 Å². The summed E-state index contributed by atoms with van der Waals surface area (Å²) in [7, 11) is 0. The number of carbonyl (C=O) groups excluding carboxylic acids is 7. The normalized spacial score (nSPS) is 10.6. The van der Waals surface area contributed by atoms with Crippen LogP contribution in [0.4, 0.5) is 0 Å². The molecule has 0 radical (unpaired) electrons. The third-order valence-electron chi connectivity index (χ3n) is 14.7. The van der Waals surface area contributed by atoms with Crippen molar-refractivity contribution < 1.29 is 172 Å². The van der Waals surface area contributed by atoms with E-state index in [2.05, 4.69) is 147 Å². The van der Waals surface area contributed by atoms with Crippen molar-refractivity contribution in [2.45, 2.75) is 173 Å². The minimum atomic E-state index is -0.833. The number of H-pyrrole nitrogens is 2. The van der Waals surface area contributed by atoms with Gasteiger partial charge in [0.15, 0.2) is 28.7 Å². The Morgan fingerprint density at radius 3 is 1.30 bits per heavy atom. The van der Waals surface area contributed by atoms with Crippen LogP contribution < -0.4 is 120 Å². The summed E-state index contributed by atoms with van der Waals surface area (Å²) >= 11 is 3.16. The van der Waals surface area contributed by atoms with Crippen molar-refractivity contribution in [1.29, 1.82) is 0 Å². The van der Waals surface area contributed by atoms with Gasteiger partial charge in [-0.3, -0.25) is 43.2 Å². The van der Waals surface area contributed by atoms with E-state index in [0.717, 1.165) is 40.8 Å². The third-order valence-corrected chi connectivity index (χ3v) is 15.2. The molecule has 0 atom stereocenters. The zero-order valence-electron chi connectivity index (χ0n) is 65.8. The molecule has 9 aromatic rings. The van der Waals surface area contributed by atoms with Gasteiger partial charge < -0.3 is 42.0 Å². The molecule has 0 fully saturated rings. The zero-order valence-corrected chi connectivity index (χ0v) is 72.7. The second-order valence-corrected chi connectivity index (χ2v) is 27.9. The smallest absolute Gasteiger partial charge is 1.00 e. The van der Waals surface area contributed by atoms with E-state index in [4.69, 9.17) is 34.2 Å². The molecule has 0 amide bonds. The Morgan fingerprint density at radius 1 is 0.552 bits per heavy atom. The maximum absolute atomic E-state index is 12.5. The van der Waals surface area contributed by atoms with Gasteiger partial charge in [-0.2, -0.15) is 20.4 Å². The number of alkyl halides is 1. The Bertz CT molecular complexity index is 4310. The number of ketones is 3. The maximum atomic E-state index is 12.5. The summed E-state index contributed by atoms with van der Waals surface area (Å²) in [6, 6.07) is 38.0. The number of rotatable bonds is 16. The molecule has 5 aromatic heterocycles. The second kappa shape index (κ2) is 46.2. The number of nitrogens with zero attached hydrogens (tertiary/aromatic N) is 7. The van der Waals surface area contributed by atoms with Crippen LogP contribution in [0.5, 0.6) is 0 Å². The van der Waals surface area contributed by atoms with E-state index < -0.39 is 17.9 Å². The Kier molecular flexibility index (Phi) is 43.1. The molecule has 9 rings (SSSR count). The summed E-state index contributed by atoms with van der Waals surface area (Å²) in [4.78, 5) is 106. The van der Waals surface area contributed by atoms with Crippen LogP contribution in [0, 0.1) is 27.7 Å². The molecule has 0 saturated carbocycles. The van der Waals surface area contributed by atoms with Crippen molar-refractivity contribution in [3.63, 3.8) is 0 Å². The van der Waals surface area contributed by atoms with E-state index >= 15 is 0 Å². The van der Waals surface area contributed by atoms with Crippen molar-refractivity contribution in [2.75, 3.05) is 25.2 Å². The van der Waals surface area contributed by atoms with E-state index in [9.17, 15) is 33.6 Å². The van der Waals surface area contributed by atoms with Crippen LogP contribution in [0.3, 0.4) is 0 Å². The minimum absolute atomic E-state index is 0. The van der Waals surface area contributed by atoms with E-state index in [1.807, 2.05) is 112 Å². The molecule has 105 heavy (non-hydrogen) atoms. The van der Waals surface area contributed by atoms with Crippen LogP contribution in [0.15, 0.2) is 132 Å². The fraction of sp³-hybridized carbons (Fsp3) is 0.390. The molecular weight excluding hydrogens is 1460 g/mol. The summed E-state index contributed by atoms with van der Waals surface area (Å²) in [6.07, 6.45) is 1.86. The summed E-state index contributed by atoms with van der Waals surface area (Å²) in [5, 5.41) is 35.3. The molecule has 4 aromatic carbocycles. The number of hydrogen-bond acceptors (Lipinski definition) is 19. The standard InChI is InChI=1S/2C19H24N2O3.C17H19N3O.C12H15BrO.C7H10N2O2.C2H4O2.CH2O3.2K.H3N.H/c1-6-24-18(23)16-11-13(2)21(20-16)12-17(22)14-7-9-15(10-8-14)19(3,4)5;1-6-24-18(23)16-11-13(2)20-21(16)12-17(22)14-7-9-15(10-8-14)19(3,4)5;1-11-9-15-16(21)18-14(10-20(15)19-11)12-5-7-13(8-6-12)17(2,3)4;1-12(2,3)10-6-4-9(5-7-10)11(14)8-13;1-3-11-7(10)6-4-5(2)8-9-6;1-2(3)4;2-1-4-3;;;;/h2*7-11H,6,12H2,1-5H3;5-10H,1-4H3,(H,18,21);4-7H,8H2,1-3H3;4H,3H2,1-2H3,(H,8,9);1H3,(H,3,4);1,3H;;;1H3;/q;;;;;;;2*+1;;-1/p-1. The molecule has 0 aliphatic rings. The fourth-order valence-electron chi connectivity index (χ4n) is 9.16. The number of nitrogens with one attached hydrogen (secondary N) is 2. The van der Waals surface area contributed by atoms with Crippen LogP contribution in [0.25, 0.3) is 16.8 Å². The predicted molar refractivity (Wildman–Crippen MR) is 399 cm³/mol. The molecule has 0 aliphatic carbocycles. The fourth-order valence-corrected chi connectivity index (χ4v) is 9.48. The van der Waals surface area contributed by atoms with Crippen molar-refractivity contribution in [3.05, 3.63) is 217 Å². The monoisotopic (exact) mass is 1560 g/mol. The van der Waals surface area contributed by atoms with Crippen LogP contribution in [-0.4, -0.2) is 122 Å². The van der Waals surface area contributed by atoms with Crippen LogP contribution in [-0.2, 0) is 63.4 Å². The first-order chi connectivity index (χ1) is 47.6. The van der Waals surface area contributed by atoms with Gasteiger partial charge >= 0.3 is 121 Å². The SMILES string of the molecule is CC(=O)O.CC(C)(C)c1ccc(C(=O)CBr)cc1.CCOC(=O)c1cc(C)[nH]n1.CCOC(=O)c1cc(C)n(CC(=O)c2ccc(C(C)(C)C)cc2)n1.CCOC(=O)c1cc(C)nn1CC(=O)c1ccc(C(C)(C)C)cc1.Cc1cc2c(=O)[nH]c(-c3ccc(C(C)(C)C)cc3)cn2n1.N.O=CO[O-].[H-].[K+].[K+]. The first-order valence-corrected chi connectivity index (χ1v) is 34.0. The van der Waals surface area contributed by atoms with Gasteiger partial charge in [0.2, 0.25) is 0 Å². The van der Waals surface area contributed by atoms with Gasteiger partial charge in [0, 0.05) is 35.0 Å². The summed E-state index contributed by atoms with van der Waals surface area (Å²) in [5.41, 5.74) is 13.4. The predicted octanol–water partition coefficient (Wildman–Crippen LogP) is 7.66. The van der Waals surface area contributed by atoms with Crippen molar-refractivity contribution in [2.24, 2.45) is 0 Å². The topological polar surface area (TPSA) is 366 Å². The van der Waals surface area contributed by atoms with Gasteiger partial charge in [0.25, 0.3) is 18.0 Å². The molecular formula is C77H101BrK2N10O15. The number of carboxylic acid groups (broad SMARTS) is 1. The number of aromatic amines is 2. The van der Waals surface area contributed by atoms with Crippen LogP contribution in [0.2, 0.25) is 0 Å². The first-order valence-electron chi connectivity index (χ1n) is 32.8. The van der Waals surface area contributed by atoms with Gasteiger partial charge in [0.05, 0.1) is 48.4 Å². The Labute approximate surface area is 710 Å². The quantitative estimate of drug-likeness (QED) is 0.0105. The number of aliphatic carboxylic acids is 1. The van der Waals surface area contributed by atoms with Gasteiger partial charge in [-0.1, -0.05) is 196 Å². The molecule has 0 spiro atoms. The molecule has 558 valence electrons. The number of hydrogen-bond donors (Lipinski definition) is 4. The Hall–Kier alpha value is -7.04. The number of benzene rings is 4. The average molecular weight is 1560 g/mol. The first kappa shape index (κ1) is 98.0. The van der Waals surface area contributed by atoms with Crippen molar-refractivity contribution >= 4 is 69.1 Å². The number of Topliss-reactive ketones (excluding diaryl/α,β-unsaturated/α-hetero) is 3. The number of halogens is 1. The number of ether oxygens (including phenoxy) is 3. The number of esters is 3. The van der Waals surface area contributed by atoms with Gasteiger partial charge in [-0.05, 0) is 122 Å². The average Bonchev–Trinajstić information content (AvgIpc) is 1.34. The number of carboxylic acids is 1. The Balaban J connectivity index is 0. The number of carbonyl (C=O) groups is 8. The van der Waals surface area contributed by atoms with Crippen molar-refractivity contribution in [1.82, 2.24) is 50.5 Å². The third kappa shape index (κ3) is 33.3. The molecule has 0 saturated heterocycles. The van der Waals surface area contributed by atoms with Crippen LogP contribution >= 0.6 is 15.9 Å². The number of aryl methyl sites for hydroxylation is 4. The number of fused-ring (bicyclic) bond motifs is 1. The van der Waals surface area contributed by atoms with E-state index in [1.54, 1.807) is 56.5 Å². The van der Waals surface area contributed by atoms with E-state index in [1.165, 1.54) is 31.6 Å². The van der Waals surface area contributed by atoms with Gasteiger partial charge in [-0.25, -0.2) is 18.9 Å². The van der Waals surface area contributed by atoms with Gasteiger partial charge in [0.1, 0.15) is 24.3 Å². The largest absolute Gasteiger partial charge is 1.00 e. The molecule has 0 aliphatic heterocycles. The summed E-state index contributed by atoms with van der Waals surface area (Å²) in [5.74, 6) is -2.15. The Morgan fingerprint density at radius 2 is 0.924 bits per heavy atom. The van der Waals surface area contributed by atoms with Crippen molar-refractivity contribution in [3.8, 4) is 11.3 Å². The summed E-state index contributed by atoms with van der Waals surface area (Å²) in [6.45, 7) is 40.3. The molecule has 28 heteroatoms. The van der Waals surface area contributed by atoms with Gasteiger partial charge in [-0.15, -0.1) is 0 Å². The van der Waals surface area contributed by atoms with E-state index in [0.29, 0.717) is 52.3 Å². The maximum Gasteiger partial charge on any atom is 1.00 e. The molecule has 25 nitrogen and oxygen atoms in total. The minimum Gasteiger partial charge on any atom is -1.00 e. The second-order valence-electron chi connectivity index (χ2n) is 27.3.